The lowest BCUT2D eigenvalue weighted by atomic mass is 10.1. The van der Waals surface area contributed by atoms with Gasteiger partial charge in [-0.3, -0.25) is 14.5 Å². The van der Waals surface area contributed by atoms with E-state index in [1.807, 2.05) is 0 Å². The highest BCUT2D eigenvalue weighted by molar-refractivity contribution is 8.26. The number of amides is 2. The summed E-state index contributed by atoms with van der Waals surface area (Å²) in [7, 11) is 1.30. The van der Waals surface area contributed by atoms with Crippen LogP contribution in [0.3, 0.4) is 0 Å². The van der Waals surface area contributed by atoms with E-state index in [4.69, 9.17) is 12.2 Å². The first-order chi connectivity index (χ1) is 14.3. The molecule has 3 rings (SSSR count). The molecule has 8 nitrogen and oxygen atoms in total. The Kier molecular flexibility index (Phi) is 7.16. The highest BCUT2D eigenvalue weighted by Crippen LogP contribution is 2.33. The van der Waals surface area contributed by atoms with Crippen LogP contribution >= 0.6 is 35.7 Å². The molecule has 0 N–H and O–H groups in total. The number of carboxylic acid groups (broad SMARTS) is 1. The molecule has 1 unspecified atom stereocenters. The van der Waals surface area contributed by atoms with Crippen LogP contribution in [-0.4, -0.2) is 69.2 Å². The number of hydrogen-bond donors (Lipinski definition) is 0. The lowest BCUT2D eigenvalue weighted by molar-refractivity contribution is -0.310. The van der Waals surface area contributed by atoms with Crippen LogP contribution in [0.4, 0.5) is 0 Å². The number of methoxy groups -OCH3 is 1. The molecule has 2 saturated heterocycles. The van der Waals surface area contributed by atoms with Gasteiger partial charge in [-0.05, 0) is 23.8 Å². The van der Waals surface area contributed by atoms with Crippen molar-refractivity contribution < 1.29 is 29.0 Å². The number of nitrogens with zero attached hydrogens (tertiary/aromatic N) is 2. The van der Waals surface area contributed by atoms with Crippen molar-refractivity contribution >= 4 is 69.9 Å². The first-order valence-corrected chi connectivity index (χ1v) is 11.2. The van der Waals surface area contributed by atoms with E-state index in [0.717, 1.165) is 11.8 Å². The third-order valence-electron chi connectivity index (χ3n) is 4.53. The molecule has 2 heterocycles. The molecular formula is C19H17N2O6S3-. The summed E-state index contributed by atoms with van der Waals surface area (Å²) in [6.45, 7) is 0.0725. The average molecular weight is 466 g/mol. The van der Waals surface area contributed by atoms with E-state index >= 15 is 0 Å². The van der Waals surface area contributed by atoms with Crippen LogP contribution in [0.5, 0.6) is 0 Å². The fourth-order valence-corrected chi connectivity index (χ4v) is 5.39. The van der Waals surface area contributed by atoms with Crippen molar-refractivity contribution in [3.05, 3.63) is 40.3 Å². The highest BCUT2D eigenvalue weighted by atomic mass is 32.2. The van der Waals surface area contributed by atoms with E-state index < -0.39 is 18.0 Å². The molecule has 2 amide bonds. The summed E-state index contributed by atoms with van der Waals surface area (Å²) in [5, 5.41) is 11.1. The van der Waals surface area contributed by atoms with Crippen molar-refractivity contribution in [1.82, 2.24) is 9.80 Å². The second-order valence-electron chi connectivity index (χ2n) is 6.40. The van der Waals surface area contributed by atoms with Gasteiger partial charge in [0.2, 0.25) is 5.91 Å². The van der Waals surface area contributed by atoms with Crippen LogP contribution in [0.25, 0.3) is 6.08 Å². The maximum atomic E-state index is 12.7. The number of thioether (sulfide) groups is 2. The van der Waals surface area contributed by atoms with Gasteiger partial charge < -0.3 is 19.5 Å². The van der Waals surface area contributed by atoms with Crippen molar-refractivity contribution in [1.29, 1.82) is 0 Å². The standard InChI is InChI=1S/C19H18N2O6S3/c1-27-18(26)12-4-2-11(3-5-12)8-14-16(23)20(19(28)30-14)7-6-15(22)21-10-29-9-13(21)17(24)25/h2-5,8,13H,6-7,9-10H2,1H3,(H,24,25)/p-1. The second kappa shape index (κ2) is 9.63. The molecule has 0 bridgehead atoms. The van der Waals surface area contributed by atoms with Crippen LogP contribution in [0, 0.1) is 0 Å². The number of carbonyl (C=O) groups is 4. The number of rotatable bonds is 6. The van der Waals surface area contributed by atoms with Gasteiger partial charge in [0.15, 0.2) is 0 Å². The molecule has 0 radical (unpaired) electrons. The quantitative estimate of drug-likeness (QED) is 0.341. The van der Waals surface area contributed by atoms with E-state index in [9.17, 15) is 24.3 Å². The summed E-state index contributed by atoms with van der Waals surface area (Å²) in [5.74, 6) is -1.81. The van der Waals surface area contributed by atoms with E-state index in [2.05, 4.69) is 4.74 Å². The van der Waals surface area contributed by atoms with Gasteiger partial charge in [-0.1, -0.05) is 36.1 Å². The summed E-state index contributed by atoms with van der Waals surface area (Å²) in [4.78, 5) is 50.7. The van der Waals surface area contributed by atoms with Gasteiger partial charge >= 0.3 is 5.97 Å². The van der Waals surface area contributed by atoms with Gasteiger partial charge in [0.1, 0.15) is 4.32 Å². The Morgan fingerprint density at radius 2 is 2.00 bits per heavy atom. The Morgan fingerprint density at radius 3 is 2.63 bits per heavy atom. The number of benzene rings is 1. The molecule has 0 aromatic heterocycles. The molecular weight excluding hydrogens is 448 g/mol. The number of aliphatic carboxylic acids is 1. The molecule has 2 fully saturated rings. The van der Waals surface area contributed by atoms with Crippen molar-refractivity contribution in [2.75, 3.05) is 25.3 Å². The Morgan fingerprint density at radius 1 is 1.30 bits per heavy atom. The van der Waals surface area contributed by atoms with Gasteiger partial charge in [-0.15, -0.1) is 11.8 Å². The van der Waals surface area contributed by atoms with Crippen molar-refractivity contribution in [2.45, 2.75) is 12.5 Å². The Labute approximate surface area is 186 Å². The van der Waals surface area contributed by atoms with E-state index in [0.29, 0.717) is 26.1 Å². The van der Waals surface area contributed by atoms with Crippen LogP contribution in [0.15, 0.2) is 29.2 Å². The molecule has 1 aromatic rings. The third kappa shape index (κ3) is 4.85. The molecule has 1 aromatic carbocycles. The molecule has 11 heteroatoms. The number of ether oxygens (including phenoxy) is 1. The van der Waals surface area contributed by atoms with E-state index in [1.54, 1.807) is 30.3 Å². The minimum atomic E-state index is -1.28. The summed E-state index contributed by atoms with van der Waals surface area (Å²) in [6.07, 6.45) is 1.63. The first-order valence-electron chi connectivity index (χ1n) is 8.83. The van der Waals surface area contributed by atoms with Gasteiger partial charge in [0.05, 0.1) is 35.5 Å². The Hall–Kier alpha value is -2.37. The van der Waals surface area contributed by atoms with E-state index in [-0.39, 0.29) is 30.7 Å². The number of thiocarbonyl (C=S) groups is 1. The van der Waals surface area contributed by atoms with E-state index in [1.165, 1.54) is 28.7 Å². The Bertz CT molecular complexity index is 931. The van der Waals surface area contributed by atoms with Crippen molar-refractivity contribution in [3.8, 4) is 0 Å². The first kappa shape index (κ1) is 22.3. The lowest BCUT2D eigenvalue weighted by Gasteiger charge is -2.25. The molecule has 1 atom stereocenters. The zero-order chi connectivity index (χ0) is 21.8. The number of carboxylic acids is 1. The van der Waals surface area contributed by atoms with Crippen molar-refractivity contribution in [2.24, 2.45) is 0 Å². The molecule has 0 spiro atoms. The van der Waals surface area contributed by atoms with Crippen LogP contribution in [0.2, 0.25) is 0 Å². The van der Waals surface area contributed by atoms with Gasteiger partial charge in [-0.25, -0.2) is 4.79 Å². The molecule has 0 saturated carbocycles. The summed E-state index contributed by atoms with van der Waals surface area (Å²) in [6, 6.07) is 5.63. The molecule has 0 aliphatic carbocycles. The van der Waals surface area contributed by atoms with Gasteiger partial charge in [-0.2, -0.15) is 0 Å². The van der Waals surface area contributed by atoms with Crippen molar-refractivity contribution in [3.63, 3.8) is 0 Å². The van der Waals surface area contributed by atoms with Gasteiger partial charge in [0, 0.05) is 18.7 Å². The molecule has 2 aliphatic heterocycles. The van der Waals surface area contributed by atoms with Gasteiger partial charge in [0.25, 0.3) is 5.91 Å². The maximum Gasteiger partial charge on any atom is 0.337 e. The normalized spacial score (nSPS) is 20.2. The number of hydrogen-bond acceptors (Lipinski definition) is 9. The van der Waals surface area contributed by atoms with Crippen LogP contribution < -0.4 is 5.11 Å². The lowest BCUT2D eigenvalue weighted by Crippen LogP contribution is -2.48. The fourth-order valence-electron chi connectivity index (χ4n) is 2.91. The largest absolute Gasteiger partial charge is 0.548 e. The third-order valence-corrected chi connectivity index (χ3v) is 6.92. The minimum Gasteiger partial charge on any atom is -0.548 e. The zero-order valence-corrected chi connectivity index (χ0v) is 18.3. The number of carbonyl (C=O) groups excluding carboxylic acids is 4. The fraction of sp³-hybridized carbons (Fsp3) is 0.316. The average Bonchev–Trinajstić information content (AvgIpc) is 3.32. The summed E-state index contributed by atoms with van der Waals surface area (Å²) in [5.41, 5.74) is 1.11. The minimum absolute atomic E-state index is 0.0299. The van der Waals surface area contributed by atoms with Crippen LogP contribution in [0.1, 0.15) is 22.3 Å². The predicted molar refractivity (Wildman–Crippen MR) is 115 cm³/mol. The van der Waals surface area contributed by atoms with Crippen LogP contribution in [-0.2, 0) is 19.1 Å². The summed E-state index contributed by atoms with van der Waals surface area (Å²) < 4.78 is 4.98. The second-order valence-corrected chi connectivity index (χ2v) is 9.07. The predicted octanol–water partition coefficient (Wildman–Crippen LogP) is 0.716. The maximum absolute atomic E-state index is 12.7. The smallest absolute Gasteiger partial charge is 0.337 e. The molecule has 2 aliphatic rings. The Balaban J connectivity index is 1.63. The topological polar surface area (TPSA) is 107 Å². The number of esters is 1. The molecule has 30 heavy (non-hydrogen) atoms. The SMILES string of the molecule is COC(=O)c1ccc(C=C2SC(=S)N(CCC(=O)N3CSCC3C(=O)[O-])C2=O)cc1. The molecule has 158 valence electrons. The summed E-state index contributed by atoms with van der Waals surface area (Å²) >= 11 is 7.74. The monoisotopic (exact) mass is 465 g/mol. The highest BCUT2D eigenvalue weighted by Gasteiger charge is 2.34. The zero-order valence-electron chi connectivity index (χ0n) is 15.9.